The molecular weight excluding hydrogens is 238 g/mol. The minimum atomic E-state index is -3.00. The van der Waals surface area contributed by atoms with Crippen LogP contribution in [0.15, 0.2) is 0 Å². The zero-order valence-electron chi connectivity index (χ0n) is 8.55. The molecule has 4 nitrogen and oxygen atoms in total. The molecule has 2 atom stereocenters. The largest absolute Gasteiger partial charge is 0.390 e. The Balaban J connectivity index is 0.00000112. The van der Waals surface area contributed by atoms with Crippen LogP contribution in [0.2, 0.25) is 0 Å². The molecule has 0 bridgehead atoms. The van der Waals surface area contributed by atoms with E-state index in [1.54, 1.807) is 0 Å². The van der Waals surface area contributed by atoms with Crippen LogP contribution in [0.1, 0.15) is 25.7 Å². The second kappa shape index (κ2) is 4.99. The lowest BCUT2D eigenvalue weighted by Gasteiger charge is -2.19. The molecule has 1 saturated carbocycles. The highest BCUT2D eigenvalue weighted by molar-refractivity contribution is 7.91. The minimum absolute atomic E-state index is 0. The van der Waals surface area contributed by atoms with Gasteiger partial charge in [-0.05, 0) is 12.8 Å². The number of halogens is 1. The molecule has 0 aromatic heterocycles. The fourth-order valence-electron chi connectivity index (χ4n) is 2.38. The summed E-state index contributed by atoms with van der Waals surface area (Å²) in [5, 5.41) is 12.8. The molecule has 0 aromatic rings. The predicted molar refractivity (Wildman–Crippen MR) is 61.1 cm³/mol. The summed E-state index contributed by atoms with van der Waals surface area (Å²) in [6, 6.07) is 0.186. The molecule has 0 radical (unpaired) electrons. The molecule has 2 N–H and O–H groups in total. The van der Waals surface area contributed by atoms with E-state index in [0.717, 1.165) is 12.8 Å². The first-order valence-electron chi connectivity index (χ1n) is 5.21. The van der Waals surface area contributed by atoms with Gasteiger partial charge in [-0.15, -0.1) is 12.4 Å². The van der Waals surface area contributed by atoms with Gasteiger partial charge in [0.15, 0.2) is 9.84 Å². The minimum Gasteiger partial charge on any atom is -0.390 e. The van der Waals surface area contributed by atoms with Gasteiger partial charge in [0.2, 0.25) is 0 Å². The molecule has 1 saturated heterocycles. The molecular formula is C9H18ClNO3S. The van der Waals surface area contributed by atoms with E-state index in [-0.39, 0.29) is 30.0 Å². The van der Waals surface area contributed by atoms with Crippen molar-refractivity contribution in [2.24, 2.45) is 0 Å². The predicted octanol–water partition coefficient (Wildman–Crippen LogP) is 0.0983. The van der Waals surface area contributed by atoms with Gasteiger partial charge < -0.3 is 10.4 Å². The highest BCUT2D eigenvalue weighted by atomic mass is 35.5. The third-order valence-corrected chi connectivity index (χ3v) is 4.84. The zero-order chi connectivity index (χ0) is 10.2. The molecule has 15 heavy (non-hydrogen) atoms. The molecule has 2 aliphatic rings. The van der Waals surface area contributed by atoms with Crippen molar-refractivity contribution in [1.82, 2.24) is 5.32 Å². The molecule has 90 valence electrons. The Bertz CT molecular complexity index is 300. The van der Waals surface area contributed by atoms with Crippen molar-refractivity contribution in [3.8, 4) is 0 Å². The second-order valence-corrected chi connectivity index (χ2v) is 6.55. The molecule has 2 rings (SSSR count). The Morgan fingerprint density at radius 1 is 1.13 bits per heavy atom. The summed E-state index contributed by atoms with van der Waals surface area (Å²) in [7, 11) is -3.00. The van der Waals surface area contributed by atoms with Gasteiger partial charge in [0, 0.05) is 12.1 Å². The lowest BCUT2D eigenvalue weighted by Crippen LogP contribution is -2.43. The molecule has 0 amide bonds. The maximum absolute atomic E-state index is 11.2. The number of hydrogen-bond donors (Lipinski definition) is 2. The van der Waals surface area contributed by atoms with E-state index < -0.39 is 15.9 Å². The van der Waals surface area contributed by atoms with E-state index in [0.29, 0.717) is 6.04 Å². The van der Waals surface area contributed by atoms with Crippen LogP contribution in [0.5, 0.6) is 0 Å². The van der Waals surface area contributed by atoms with Crippen LogP contribution in [0.25, 0.3) is 0 Å². The van der Waals surface area contributed by atoms with Crippen molar-refractivity contribution >= 4 is 22.2 Å². The van der Waals surface area contributed by atoms with Crippen molar-refractivity contribution in [1.29, 1.82) is 0 Å². The maximum atomic E-state index is 11.2. The van der Waals surface area contributed by atoms with Gasteiger partial charge in [0.1, 0.15) is 0 Å². The highest BCUT2D eigenvalue weighted by Gasteiger charge is 2.37. The van der Waals surface area contributed by atoms with Gasteiger partial charge >= 0.3 is 0 Å². The summed E-state index contributed by atoms with van der Waals surface area (Å²) in [4.78, 5) is 0. The average Bonchev–Trinajstić information content (AvgIpc) is 2.61. The Hall–Kier alpha value is 0.160. The van der Waals surface area contributed by atoms with Crippen LogP contribution in [0.4, 0.5) is 0 Å². The quantitative estimate of drug-likeness (QED) is 0.735. The molecule has 1 aliphatic heterocycles. The number of aliphatic hydroxyl groups excluding tert-OH is 1. The number of nitrogens with one attached hydrogen (secondary N) is 1. The first kappa shape index (κ1) is 13.2. The van der Waals surface area contributed by atoms with E-state index in [4.69, 9.17) is 0 Å². The second-order valence-electron chi connectivity index (χ2n) is 4.40. The van der Waals surface area contributed by atoms with Crippen molar-refractivity contribution < 1.29 is 13.5 Å². The molecule has 0 spiro atoms. The highest BCUT2D eigenvalue weighted by Crippen LogP contribution is 2.21. The molecule has 0 aromatic carbocycles. The Morgan fingerprint density at radius 3 is 2.20 bits per heavy atom. The van der Waals surface area contributed by atoms with Crippen LogP contribution in [0, 0.1) is 0 Å². The van der Waals surface area contributed by atoms with E-state index in [1.165, 1.54) is 12.8 Å². The SMILES string of the molecule is Cl.O=S1(=O)CC(O)[C@@H](NC2CCCC2)C1. The molecule has 1 heterocycles. The third kappa shape index (κ3) is 3.31. The molecule has 1 aliphatic carbocycles. The van der Waals surface area contributed by atoms with E-state index in [1.807, 2.05) is 0 Å². The molecule has 6 heteroatoms. The van der Waals surface area contributed by atoms with Crippen molar-refractivity contribution in [3.63, 3.8) is 0 Å². The van der Waals surface area contributed by atoms with Crippen LogP contribution in [-0.2, 0) is 9.84 Å². The van der Waals surface area contributed by atoms with Gasteiger partial charge in [-0.25, -0.2) is 8.42 Å². The number of aliphatic hydroxyl groups is 1. The van der Waals surface area contributed by atoms with Crippen LogP contribution in [0.3, 0.4) is 0 Å². The van der Waals surface area contributed by atoms with Crippen molar-refractivity contribution in [2.45, 2.75) is 43.9 Å². The summed E-state index contributed by atoms with van der Waals surface area (Å²) in [6.45, 7) is 0. The lowest BCUT2D eigenvalue weighted by molar-refractivity contribution is 0.159. The topological polar surface area (TPSA) is 66.4 Å². The van der Waals surface area contributed by atoms with Crippen molar-refractivity contribution in [2.75, 3.05) is 11.5 Å². The first-order chi connectivity index (χ1) is 6.57. The zero-order valence-corrected chi connectivity index (χ0v) is 10.2. The van der Waals surface area contributed by atoms with E-state index in [9.17, 15) is 13.5 Å². The average molecular weight is 256 g/mol. The monoisotopic (exact) mass is 255 g/mol. The summed E-state index contributed by atoms with van der Waals surface area (Å²) < 4.78 is 22.5. The van der Waals surface area contributed by atoms with Crippen LogP contribution >= 0.6 is 12.4 Å². The third-order valence-electron chi connectivity index (χ3n) is 3.13. The van der Waals surface area contributed by atoms with Crippen LogP contribution in [-0.4, -0.2) is 43.2 Å². The fraction of sp³-hybridized carbons (Fsp3) is 1.00. The number of hydrogen-bond acceptors (Lipinski definition) is 4. The smallest absolute Gasteiger partial charge is 0.154 e. The van der Waals surface area contributed by atoms with Gasteiger partial charge in [-0.1, -0.05) is 12.8 Å². The fourth-order valence-corrected chi connectivity index (χ4v) is 4.14. The summed E-state index contributed by atoms with van der Waals surface area (Å²) in [5.74, 6) is 0.0298. The Morgan fingerprint density at radius 2 is 1.73 bits per heavy atom. The number of rotatable bonds is 2. The summed E-state index contributed by atoms with van der Waals surface area (Å²) in [6.07, 6.45) is 3.95. The first-order valence-corrected chi connectivity index (χ1v) is 7.03. The standard InChI is InChI=1S/C9H17NO3S.ClH/c11-9-6-14(12,13)5-8(9)10-7-3-1-2-4-7;/h7-11H,1-6H2;1H/t8-,9?;/m0./s1. The molecule has 1 unspecified atom stereocenters. The normalized spacial score (nSPS) is 35.3. The Labute approximate surface area is 96.8 Å². The van der Waals surface area contributed by atoms with E-state index >= 15 is 0 Å². The number of sulfone groups is 1. The van der Waals surface area contributed by atoms with Gasteiger partial charge in [0.25, 0.3) is 0 Å². The van der Waals surface area contributed by atoms with Crippen molar-refractivity contribution in [3.05, 3.63) is 0 Å². The molecule has 2 fully saturated rings. The van der Waals surface area contributed by atoms with Gasteiger partial charge in [0.05, 0.1) is 17.6 Å². The summed E-state index contributed by atoms with van der Waals surface area (Å²) in [5.41, 5.74) is 0. The summed E-state index contributed by atoms with van der Waals surface area (Å²) >= 11 is 0. The van der Waals surface area contributed by atoms with Gasteiger partial charge in [-0.2, -0.15) is 0 Å². The van der Waals surface area contributed by atoms with Crippen LogP contribution < -0.4 is 5.32 Å². The lowest BCUT2D eigenvalue weighted by atomic mass is 10.1. The Kier molecular flexibility index (Phi) is 4.40. The maximum Gasteiger partial charge on any atom is 0.154 e. The van der Waals surface area contributed by atoms with E-state index in [2.05, 4.69) is 5.32 Å². The van der Waals surface area contributed by atoms with Gasteiger partial charge in [-0.3, -0.25) is 0 Å².